The summed E-state index contributed by atoms with van der Waals surface area (Å²) < 4.78 is 3.31. The molecule has 2 nitrogen and oxygen atoms in total. The molecule has 19 heavy (non-hydrogen) atoms. The first kappa shape index (κ1) is 13.6. The summed E-state index contributed by atoms with van der Waals surface area (Å²) in [7, 11) is 0. The van der Waals surface area contributed by atoms with E-state index in [2.05, 4.69) is 54.9 Å². The number of hydrogen-bond donors (Lipinski definition) is 1. The Morgan fingerprint density at radius 3 is 2.84 bits per heavy atom. The summed E-state index contributed by atoms with van der Waals surface area (Å²) in [5.74, 6) is 0. The second-order valence-electron chi connectivity index (χ2n) is 3.88. The molecule has 96 valence electrons. The molecule has 0 unspecified atom stereocenters. The lowest BCUT2D eigenvalue weighted by molar-refractivity contribution is 1.44. The van der Waals surface area contributed by atoms with Crippen LogP contribution in [0.2, 0.25) is 5.02 Å². The molecule has 0 aliphatic carbocycles. The largest absolute Gasteiger partial charge is 0.330 e. The molecule has 0 saturated heterocycles. The Morgan fingerprint density at radius 1 is 1.21 bits per heavy atom. The summed E-state index contributed by atoms with van der Waals surface area (Å²) in [5, 5.41) is 4.81. The molecular formula is C13H7BrClIN2S. The summed E-state index contributed by atoms with van der Waals surface area (Å²) in [5.41, 5.74) is 1.86. The molecule has 1 N–H and O–H groups in total. The van der Waals surface area contributed by atoms with E-state index in [4.69, 9.17) is 11.6 Å². The van der Waals surface area contributed by atoms with Crippen LogP contribution >= 0.6 is 61.5 Å². The van der Waals surface area contributed by atoms with Crippen molar-refractivity contribution in [1.29, 1.82) is 0 Å². The van der Waals surface area contributed by atoms with Gasteiger partial charge in [-0.1, -0.05) is 38.9 Å². The molecule has 2 aromatic carbocycles. The lowest BCUT2D eigenvalue weighted by Gasteiger charge is -2.04. The van der Waals surface area contributed by atoms with Crippen LogP contribution in [0.25, 0.3) is 10.2 Å². The average molecular weight is 466 g/mol. The van der Waals surface area contributed by atoms with E-state index in [0.29, 0.717) is 5.02 Å². The Morgan fingerprint density at radius 2 is 2.05 bits per heavy atom. The summed E-state index contributed by atoms with van der Waals surface area (Å²) in [6.45, 7) is 0. The van der Waals surface area contributed by atoms with E-state index in [-0.39, 0.29) is 0 Å². The minimum absolute atomic E-state index is 0.701. The van der Waals surface area contributed by atoms with Gasteiger partial charge in [0.2, 0.25) is 0 Å². The van der Waals surface area contributed by atoms with Crippen molar-refractivity contribution in [2.24, 2.45) is 0 Å². The molecule has 1 aromatic heterocycles. The molecule has 0 bridgehead atoms. The number of benzene rings is 2. The van der Waals surface area contributed by atoms with Gasteiger partial charge in [-0.15, -0.1) is 0 Å². The molecule has 0 aliphatic rings. The van der Waals surface area contributed by atoms with Crippen LogP contribution in [0, 0.1) is 3.57 Å². The van der Waals surface area contributed by atoms with E-state index >= 15 is 0 Å². The lowest BCUT2D eigenvalue weighted by Crippen LogP contribution is -1.90. The Labute approximate surface area is 141 Å². The van der Waals surface area contributed by atoms with E-state index < -0.39 is 0 Å². The van der Waals surface area contributed by atoms with Crippen LogP contribution in [0.15, 0.2) is 40.9 Å². The van der Waals surface area contributed by atoms with Gasteiger partial charge in [-0.3, -0.25) is 0 Å². The fourth-order valence-corrected chi connectivity index (χ4v) is 3.99. The summed E-state index contributed by atoms with van der Waals surface area (Å²) in [4.78, 5) is 4.54. The fourth-order valence-electron chi connectivity index (χ4n) is 1.66. The minimum Gasteiger partial charge on any atom is -0.330 e. The van der Waals surface area contributed by atoms with Crippen molar-refractivity contribution in [3.8, 4) is 0 Å². The van der Waals surface area contributed by atoms with Gasteiger partial charge in [0.05, 0.1) is 20.9 Å². The van der Waals surface area contributed by atoms with Crippen LogP contribution in [0.4, 0.5) is 10.8 Å². The van der Waals surface area contributed by atoms with Crippen LogP contribution in [-0.4, -0.2) is 4.98 Å². The maximum Gasteiger partial charge on any atom is 0.188 e. The van der Waals surface area contributed by atoms with Gasteiger partial charge < -0.3 is 5.32 Å². The smallest absolute Gasteiger partial charge is 0.188 e. The van der Waals surface area contributed by atoms with Gasteiger partial charge in [-0.25, -0.2) is 4.98 Å². The predicted molar refractivity (Wildman–Crippen MR) is 94.8 cm³/mol. The quantitative estimate of drug-likeness (QED) is 0.466. The highest BCUT2D eigenvalue weighted by Crippen LogP contribution is 2.32. The van der Waals surface area contributed by atoms with Crippen molar-refractivity contribution >= 4 is 82.5 Å². The Balaban J connectivity index is 1.96. The number of thiazole rings is 1. The third kappa shape index (κ3) is 3.04. The van der Waals surface area contributed by atoms with E-state index in [0.717, 1.165) is 29.1 Å². The molecule has 0 amide bonds. The summed E-state index contributed by atoms with van der Waals surface area (Å²) in [6.07, 6.45) is 0. The van der Waals surface area contributed by atoms with E-state index in [9.17, 15) is 0 Å². The monoisotopic (exact) mass is 464 g/mol. The molecule has 0 saturated carbocycles. The highest BCUT2D eigenvalue weighted by Gasteiger charge is 2.07. The normalized spacial score (nSPS) is 10.9. The average Bonchev–Trinajstić information content (AvgIpc) is 2.74. The third-order valence-corrected chi connectivity index (χ3v) is 4.93. The molecule has 3 rings (SSSR count). The topological polar surface area (TPSA) is 24.9 Å². The molecule has 0 atom stereocenters. The van der Waals surface area contributed by atoms with Crippen molar-refractivity contribution in [2.45, 2.75) is 0 Å². The minimum atomic E-state index is 0.701. The van der Waals surface area contributed by atoms with Crippen LogP contribution in [0.3, 0.4) is 0 Å². The SMILES string of the molecule is Clc1cc(I)ccc1Nc1nc2ccc(Br)cc2s1. The standard InChI is InChI=1S/C13H7BrClIN2S/c14-7-1-3-11-12(5-7)19-13(18-11)17-10-4-2-8(16)6-9(10)15/h1-6H,(H,17,18). The van der Waals surface area contributed by atoms with Crippen LogP contribution in [0.1, 0.15) is 0 Å². The molecule has 6 heteroatoms. The Bertz CT molecular complexity index is 759. The third-order valence-electron chi connectivity index (χ3n) is 2.52. The van der Waals surface area contributed by atoms with E-state index in [1.807, 2.05) is 30.3 Å². The molecule has 1 heterocycles. The zero-order valence-corrected chi connectivity index (χ0v) is 14.8. The second-order valence-corrected chi connectivity index (χ2v) is 7.48. The van der Waals surface area contributed by atoms with Gasteiger partial charge in [0.15, 0.2) is 5.13 Å². The number of nitrogens with one attached hydrogen (secondary N) is 1. The van der Waals surface area contributed by atoms with Gasteiger partial charge >= 0.3 is 0 Å². The van der Waals surface area contributed by atoms with Gasteiger partial charge in [-0.2, -0.15) is 0 Å². The van der Waals surface area contributed by atoms with Crippen molar-refractivity contribution in [3.63, 3.8) is 0 Å². The predicted octanol–water partition coefficient (Wildman–Crippen LogP) is 6.06. The first-order valence-corrected chi connectivity index (χ1v) is 8.46. The van der Waals surface area contributed by atoms with Crippen LogP contribution < -0.4 is 5.32 Å². The number of anilines is 2. The van der Waals surface area contributed by atoms with Gasteiger partial charge in [0, 0.05) is 8.04 Å². The number of halogens is 3. The van der Waals surface area contributed by atoms with Crippen molar-refractivity contribution in [3.05, 3.63) is 49.5 Å². The number of rotatable bonds is 2. The zero-order valence-electron chi connectivity index (χ0n) is 9.45. The first-order chi connectivity index (χ1) is 9.11. The zero-order chi connectivity index (χ0) is 13.4. The van der Waals surface area contributed by atoms with Gasteiger partial charge in [0.25, 0.3) is 0 Å². The van der Waals surface area contributed by atoms with Crippen molar-refractivity contribution < 1.29 is 0 Å². The maximum atomic E-state index is 6.21. The highest BCUT2D eigenvalue weighted by atomic mass is 127. The second kappa shape index (κ2) is 5.55. The molecular weight excluding hydrogens is 458 g/mol. The highest BCUT2D eigenvalue weighted by molar-refractivity contribution is 14.1. The van der Waals surface area contributed by atoms with Crippen molar-refractivity contribution in [2.75, 3.05) is 5.32 Å². The first-order valence-electron chi connectivity index (χ1n) is 5.40. The van der Waals surface area contributed by atoms with Gasteiger partial charge in [-0.05, 0) is 59.0 Å². The number of aromatic nitrogens is 1. The Hall–Kier alpha value is -0.370. The molecule has 0 aliphatic heterocycles. The maximum absolute atomic E-state index is 6.21. The summed E-state index contributed by atoms with van der Waals surface area (Å²) >= 11 is 13.5. The fraction of sp³-hybridized carbons (Fsp3) is 0. The molecule has 0 spiro atoms. The molecule has 0 radical (unpaired) electrons. The summed E-state index contributed by atoms with van der Waals surface area (Å²) in [6, 6.07) is 12.0. The van der Waals surface area contributed by atoms with Crippen LogP contribution in [-0.2, 0) is 0 Å². The number of hydrogen-bond acceptors (Lipinski definition) is 3. The Kier molecular flexibility index (Phi) is 3.98. The lowest BCUT2D eigenvalue weighted by atomic mass is 10.3. The van der Waals surface area contributed by atoms with E-state index in [1.165, 1.54) is 0 Å². The van der Waals surface area contributed by atoms with Crippen molar-refractivity contribution in [1.82, 2.24) is 4.98 Å². The molecule has 0 fully saturated rings. The van der Waals surface area contributed by atoms with E-state index in [1.54, 1.807) is 11.3 Å². The van der Waals surface area contributed by atoms with Crippen LogP contribution in [0.5, 0.6) is 0 Å². The molecule has 3 aromatic rings. The number of nitrogens with zero attached hydrogens (tertiary/aromatic N) is 1. The van der Waals surface area contributed by atoms with Gasteiger partial charge in [0.1, 0.15) is 0 Å². The number of fused-ring (bicyclic) bond motifs is 1.